The quantitative estimate of drug-likeness (QED) is 0.731. The highest BCUT2D eigenvalue weighted by atomic mass is 16.2. The van der Waals surface area contributed by atoms with E-state index in [0.717, 1.165) is 11.1 Å². The van der Waals surface area contributed by atoms with Gasteiger partial charge in [0.1, 0.15) is 5.78 Å². The number of benzene rings is 2. The summed E-state index contributed by atoms with van der Waals surface area (Å²) in [4.78, 5) is 25.4. The molecule has 0 unspecified atom stereocenters. The normalized spacial score (nSPS) is 10.7. The monoisotopic (exact) mass is 307 g/mol. The molecule has 0 spiro atoms. The minimum atomic E-state index is -0.0843. The maximum atomic E-state index is 12.5. The summed E-state index contributed by atoms with van der Waals surface area (Å²) in [6.07, 6.45) is 3.74. The van der Waals surface area contributed by atoms with Crippen LogP contribution in [0.5, 0.6) is 0 Å². The summed E-state index contributed by atoms with van der Waals surface area (Å²) >= 11 is 0. The van der Waals surface area contributed by atoms with E-state index in [0.29, 0.717) is 19.5 Å². The first-order chi connectivity index (χ1) is 11.1. The summed E-state index contributed by atoms with van der Waals surface area (Å²) < 4.78 is 0. The van der Waals surface area contributed by atoms with Gasteiger partial charge in [-0.1, -0.05) is 60.7 Å². The third kappa shape index (κ3) is 5.91. The fourth-order valence-electron chi connectivity index (χ4n) is 2.20. The number of rotatable bonds is 7. The number of ketones is 1. The van der Waals surface area contributed by atoms with Gasteiger partial charge in [-0.05, 0) is 24.1 Å². The van der Waals surface area contributed by atoms with Gasteiger partial charge in [0, 0.05) is 25.6 Å². The summed E-state index contributed by atoms with van der Waals surface area (Å²) in [7, 11) is 0. The number of carbonyl (C=O) groups excluding carboxylic acids is 2. The van der Waals surface area contributed by atoms with Gasteiger partial charge in [0.2, 0.25) is 5.91 Å². The number of hydrogen-bond acceptors (Lipinski definition) is 2. The molecule has 0 N–H and O–H groups in total. The maximum Gasteiger partial charge on any atom is 0.246 e. The van der Waals surface area contributed by atoms with E-state index in [-0.39, 0.29) is 11.7 Å². The predicted molar refractivity (Wildman–Crippen MR) is 92.6 cm³/mol. The molecule has 0 bridgehead atoms. The molecule has 0 saturated carbocycles. The lowest BCUT2D eigenvalue weighted by Gasteiger charge is -2.21. The molecule has 0 aliphatic carbocycles. The topological polar surface area (TPSA) is 37.4 Å². The highest BCUT2D eigenvalue weighted by molar-refractivity contribution is 5.92. The van der Waals surface area contributed by atoms with Gasteiger partial charge in [-0.15, -0.1) is 0 Å². The number of hydrogen-bond donors (Lipinski definition) is 0. The van der Waals surface area contributed by atoms with Crippen LogP contribution in [-0.4, -0.2) is 23.1 Å². The molecule has 0 atom stereocenters. The highest BCUT2D eigenvalue weighted by Gasteiger charge is 2.12. The van der Waals surface area contributed by atoms with Crippen LogP contribution in [0.15, 0.2) is 66.7 Å². The Bertz CT molecular complexity index is 663. The molecule has 1 amide bonds. The lowest BCUT2D eigenvalue weighted by atomic mass is 10.2. The van der Waals surface area contributed by atoms with Gasteiger partial charge in [-0.3, -0.25) is 9.59 Å². The van der Waals surface area contributed by atoms with Crippen molar-refractivity contribution in [2.75, 3.05) is 6.54 Å². The van der Waals surface area contributed by atoms with Crippen molar-refractivity contribution < 1.29 is 9.59 Å². The number of Topliss-reactive ketones (excluding diaryl/α,β-unsaturated/α-hetero) is 1. The van der Waals surface area contributed by atoms with Crippen LogP contribution in [0.1, 0.15) is 24.5 Å². The van der Waals surface area contributed by atoms with Crippen LogP contribution in [0.4, 0.5) is 0 Å². The van der Waals surface area contributed by atoms with Crippen LogP contribution in [-0.2, 0) is 16.1 Å². The number of nitrogens with zero attached hydrogens (tertiary/aromatic N) is 1. The van der Waals surface area contributed by atoms with E-state index in [4.69, 9.17) is 0 Å². The SMILES string of the molecule is CC(=O)CCN(Cc1ccccc1)C(=O)/C=C/c1ccccc1. The Labute approximate surface area is 137 Å². The summed E-state index contributed by atoms with van der Waals surface area (Å²) in [5.74, 6) is 0.00172. The van der Waals surface area contributed by atoms with Crippen molar-refractivity contribution in [2.45, 2.75) is 19.9 Å². The molecule has 2 rings (SSSR count). The van der Waals surface area contributed by atoms with Crippen LogP contribution in [0, 0.1) is 0 Å². The van der Waals surface area contributed by atoms with Gasteiger partial charge >= 0.3 is 0 Å². The molecule has 118 valence electrons. The first-order valence-electron chi connectivity index (χ1n) is 7.70. The Morgan fingerprint density at radius 2 is 1.57 bits per heavy atom. The molecule has 3 nitrogen and oxygen atoms in total. The minimum absolute atomic E-state index is 0.0843. The Balaban J connectivity index is 2.07. The Kier molecular flexibility index (Phi) is 6.30. The third-order valence-corrected chi connectivity index (χ3v) is 3.48. The molecule has 0 aliphatic rings. The second-order valence-corrected chi connectivity index (χ2v) is 5.44. The Morgan fingerprint density at radius 3 is 2.17 bits per heavy atom. The largest absolute Gasteiger partial charge is 0.334 e. The first kappa shape index (κ1) is 16.7. The zero-order valence-corrected chi connectivity index (χ0v) is 13.3. The molecular formula is C20H21NO2. The molecule has 2 aromatic carbocycles. The predicted octanol–water partition coefficient (Wildman–Crippen LogP) is 3.71. The Morgan fingerprint density at radius 1 is 0.957 bits per heavy atom. The number of amides is 1. The standard InChI is InChI=1S/C20H21NO2/c1-17(22)14-15-21(16-19-10-6-3-7-11-19)20(23)13-12-18-8-4-2-5-9-18/h2-13H,14-16H2,1H3/b13-12+. The van der Waals surface area contributed by atoms with E-state index < -0.39 is 0 Å². The van der Waals surface area contributed by atoms with Crippen LogP contribution in [0.2, 0.25) is 0 Å². The van der Waals surface area contributed by atoms with E-state index in [2.05, 4.69) is 0 Å². The van der Waals surface area contributed by atoms with E-state index in [1.807, 2.05) is 60.7 Å². The van der Waals surface area contributed by atoms with Gasteiger partial charge in [0.25, 0.3) is 0 Å². The molecule has 0 aromatic heterocycles. The van der Waals surface area contributed by atoms with Gasteiger partial charge in [-0.2, -0.15) is 0 Å². The average Bonchev–Trinajstić information content (AvgIpc) is 2.58. The first-order valence-corrected chi connectivity index (χ1v) is 7.70. The van der Waals surface area contributed by atoms with Gasteiger partial charge < -0.3 is 4.90 Å². The number of carbonyl (C=O) groups is 2. The lowest BCUT2D eigenvalue weighted by molar-refractivity contribution is -0.127. The van der Waals surface area contributed by atoms with Crippen molar-refractivity contribution in [1.82, 2.24) is 4.90 Å². The molecule has 0 heterocycles. The van der Waals surface area contributed by atoms with Crippen LogP contribution < -0.4 is 0 Å². The van der Waals surface area contributed by atoms with Crippen molar-refractivity contribution in [3.05, 3.63) is 77.9 Å². The summed E-state index contributed by atoms with van der Waals surface area (Å²) in [6, 6.07) is 19.5. The van der Waals surface area contributed by atoms with E-state index in [9.17, 15) is 9.59 Å². The van der Waals surface area contributed by atoms with Gasteiger partial charge in [0.05, 0.1) is 0 Å². The highest BCUT2D eigenvalue weighted by Crippen LogP contribution is 2.08. The van der Waals surface area contributed by atoms with Gasteiger partial charge in [0.15, 0.2) is 0 Å². The smallest absolute Gasteiger partial charge is 0.246 e. The van der Waals surface area contributed by atoms with Crippen molar-refractivity contribution in [3.63, 3.8) is 0 Å². The Hall–Kier alpha value is -2.68. The van der Waals surface area contributed by atoms with Gasteiger partial charge in [-0.25, -0.2) is 0 Å². The lowest BCUT2D eigenvalue weighted by Crippen LogP contribution is -2.30. The molecule has 23 heavy (non-hydrogen) atoms. The zero-order valence-electron chi connectivity index (χ0n) is 13.3. The zero-order chi connectivity index (χ0) is 16.5. The van der Waals surface area contributed by atoms with Crippen LogP contribution >= 0.6 is 0 Å². The van der Waals surface area contributed by atoms with Crippen LogP contribution in [0.25, 0.3) is 6.08 Å². The van der Waals surface area contributed by atoms with Crippen LogP contribution in [0.3, 0.4) is 0 Å². The van der Waals surface area contributed by atoms with Crippen molar-refractivity contribution in [1.29, 1.82) is 0 Å². The average molecular weight is 307 g/mol. The summed E-state index contributed by atoms with van der Waals surface area (Å²) in [5.41, 5.74) is 2.03. The fourth-order valence-corrected chi connectivity index (χ4v) is 2.20. The molecular weight excluding hydrogens is 286 g/mol. The molecule has 0 aliphatic heterocycles. The second-order valence-electron chi connectivity index (χ2n) is 5.44. The molecule has 3 heteroatoms. The molecule has 0 radical (unpaired) electrons. The minimum Gasteiger partial charge on any atom is -0.334 e. The van der Waals surface area contributed by atoms with E-state index in [1.54, 1.807) is 24.0 Å². The molecule has 0 saturated heterocycles. The van der Waals surface area contributed by atoms with E-state index >= 15 is 0 Å². The third-order valence-electron chi connectivity index (χ3n) is 3.48. The van der Waals surface area contributed by atoms with Crippen molar-refractivity contribution in [2.24, 2.45) is 0 Å². The molecule has 0 fully saturated rings. The van der Waals surface area contributed by atoms with Crippen molar-refractivity contribution >= 4 is 17.8 Å². The molecule has 2 aromatic rings. The fraction of sp³-hybridized carbons (Fsp3) is 0.200. The van der Waals surface area contributed by atoms with Crippen molar-refractivity contribution in [3.8, 4) is 0 Å². The summed E-state index contributed by atoms with van der Waals surface area (Å²) in [6.45, 7) is 2.49. The summed E-state index contributed by atoms with van der Waals surface area (Å²) in [5, 5.41) is 0. The maximum absolute atomic E-state index is 12.5. The second kappa shape index (κ2) is 8.69. The van der Waals surface area contributed by atoms with E-state index in [1.165, 1.54) is 0 Å².